The topological polar surface area (TPSA) is 49.8 Å². The van der Waals surface area contributed by atoms with Crippen LogP contribution in [0.5, 0.6) is 0 Å². The summed E-state index contributed by atoms with van der Waals surface area (Å²) in [4.78, 5) is 13.7. The van der Waals surface area contributed by atoms with Crippen LogP contribution < -0.4 is 0 Å². The van der Waals surface area contributed by atoms with Gasteiger partial charge in [0, 0.05) is 13.1 Å². The third-order valence-corrected chi connectivity index (χ3v) is 4.27. The molecule has 1 fully saturated rings. The molecular weight excluding hydrogens is 290 g/mol. The van der Waals surface area contributed by atoms with Crippen molar-refractivity contribution in [2.45, 2.75) is 24.8 Å². The first kappa shape index (κ1) is 15.9. The maximum absolute atomic E-state index is 11.7. The molecular formula is C19H21NO3. The predicted molar refractivity (Wildman–Crippen MR) is 87.8 cm³/mol. The number of aliphatic hydroxyl groups is 1. The minimum absolute atomic E-state index is 0.459. The Kier molecular flexibility index (Phi) is 5.18. The number of benzene rings is 2. The van der Waals surface area contributed by atoms with E-state index in [2.05, 4.69) is 4.90 Å². The summed E-state index contributed by atoms with van der Waals surface area (Å²) in [5.41, 5.74) is 1.92. The van der Waals surface area contributed by atoms with Crippen LogP contribution in [0.4, 0.5) is 0 Å². The monoisotopic (exact) mass is 311 g/mol. The van der Waals surface area contributed by atoms with Gasteiger partial charge < -0.3 is 14.6 Å². The SMILES string of the molecule is O=C[C@@H]1[C@@H]([C@@H](O)c2ccccc2)OCCN1Cc1ccccc1. The molecule has 0 unspecified atom stereocenters. The fourth-order valence-corrected chi connectivity index (χ4v) is 3.05. The van der Waals surface area contributed by atoms with Gasteiger partial charge in [0.1, 0.15) is 18.5 Å². The van der Waals surface area contributed by atoms with Crippen LogP contribution in [-0.4, -0.2) is 41.6 Å². The molecule has 0 amide bonds. The molecule has 0 aromatic heterocycles. The number of hydrogen-bond donors (Lipinski definition) is 1. The van der Waals surface area contributed by atoms with Crippen molar-refractivity contribution >= 4 is 6.29 Å². The van der Waals surface area contributed by atoms with Crippen molar-refractivity contribution in [3.8, 4) is 0 Å². The number of aliphatic hydroxyl groups excluding tert-OH is 1. The second-order valence-electron chi connectivity index (χ2n) is 5.77. The van der Waals surface area contributed by atoms with E-state index in [0.29, 0.717) is 19.7 Å². The summed E-state index contributed by atoms with van der Waals surface area (Å²) in [5.74, 6) is 0. The molecule has 3 rings (SSSR count). The number of ether oxygens (including phenoxy) is 1. The number of nitrogens with zero attached hydrogens (tertiary/aromatic N) is 1. The fraction of sp³-hybridized carbons (Fsp3) is 0.316. The van der Waals surface area contributed by atoms with E-state index in [-0.39, 0.29) is 0 Å². The second kappa shape index (κ2) is 7.51. The molecule has 4 nitrogen and oxygen atoms in total. The van der Waals surface area contributed by atoms with Crippen LogP contribution in [0.2, 0.25) is 0 Å². The average Bonchev–Trinajstić information content (AvgIpc) is 2.62. The zero-order chi connectivity index (χ0) is 16.1. The second-order valence-corrected chi connectivity index (χ2v) is 5.77. The number of carbonyl (C=O) groups excluding carboxylic acids is 1. The Hall–Kier alpha value is -2.01. The zero-order valence-electron chi connectivity index (χ0n) is 12.9. The number of carbonyl (C=O) groups is 1. The van der Waals surface area contributed by atoms with Gasteiger partial charge in [-0.1, -0.05) is 60.7 Å². The van der Waals surface area contributed by atoms with E-state index in [1.165, 1.54) is 0 Å². The van der Waals surface area contributed by atoms with Gasteiger partial charge in [-0.3, -0.25) is 4.90 Å². The van der Waals surface area contributed by atoms with Gasteiger partial charge in [0.2, 0.25) is 0 Å². The Bertz CT molecular complexity index is 617. The summed E-state index contributed by atoms with van der Waals surface area (Å²) in [6.45, 7) is 1.85. The molecule has 0 bridgehead atoms. The first-order chi connectivity index (χ1) is 11.3. The van der Waals surface area contributed by atoms with E-state index in [1.807, 2.05) is 60.7 Å². The van der Waals surface area contributed by atoms with Crippen LogP contribution >= 0.6 is 0 Å². The van der Waals surface area contributed by atoms with Gasteiger partial charge in [0.15, 0.2) is 0 Å². The van der Waals surface area contributed by atoms with Crippen molar-refractivity contribution in [3.63, 3.8) is 0 Å². The van der Waals surface area contributed by atoms with Crippen LogP contribution in [0.3, 0.4) is 0 Å². The van der Waals surface area contributed by atoms with Crippen LogP contribution in [0, 0.1) is 0 Å². The minimum Gasteiger partial charge on any atom is -0.386 e. The van der Waals surface area contributed by atoms with E-state index < -0.39 is 18.2 Å². The molecule has 0 spiro atoms. The first-order valence-electron chi connectivity index (χ1n) is 7.87. The summed E-state index contributed by atoms with van der Waals surface area (Å²) in [6, 6.07) is 18.9. The predicted octanol–water partition coefficient (Wildman–Crippen LogP) is 2.19. The number of morpholine rings is 1. The normalized spacial score (nSPS) is 23.3. The Labute approximate surface area is 136 Å². The number of rotatable bonds is 5. The van der Waals surface area contributed by atoms with Crippen LogP contribution in [-0.2, 0) is 16.1 Å². The van der Waals surface area contributed by atoms with E-state index in [0.717, 1.165) is 17.4 Å². The lowest BCUT2D eigenvalue weighted by molar-refractivity contribution is -0.143. The highest BCUT2D eigenvalue weighted by Crippen LogP contribution is 2.27. The lowest BCUT2D eigenvalue weighted by Crippen LogP contribution is -2.53. The first-order valence-corrected chi connectivity index (χ1v) is 7.87. The van der Waals surface area contributed by atoms with Crippen molar-refractivity contribution in [2.24, 2.45) is 0 Å². The largest absolute Gasteiger partial charge is 0.386 e. The molecule has 1 N–H and O–H groups in total. The molecule has 2 aromatic carbocycles. The summed E-state index contributed by atoms with van der Waals surface area (Å²) in [7, 11) is 0. The molecule has 1 aliphatic heterocycles. The molecule has 1 heterocycles. The third-order valence-electron chi connectivity index (χ3n) is 4.27. The van der Waals surface area contributed by atoms with Gasteiger partial charge in [0.25, 0.3) is 0 Å². The highest BCUT2D eigenvalue weighted by molar-refractivity contribution is 5.59. The Morgan fingerprint density at radius 2 is 1.78 bits per heavy atom. The minimum atomic E-state index is -0.815. The standard InChI is InChI=1S/C19H21NO3/c21-14-17-19(18(22)16-9-5-2-6-10-16)23-12-11-20(17)13-15-7-3-1-4-8-15/h1-10,14,17-19,22H,11-13H2/t17-,18+,19+/m1/s1. The summed E-state index contributed by atoms with van der Waals surface area (Å²) < 4.78 is 5.74. The van der Waals surface area contributed by atoms with Gasteiger partial charge in [-0.25, -0.2) is 0 Å². The van der Waals surface area contributed by atoms with Crippen molar-refractivity contribution in [2.75, 3.05) is 13.2 Å². The molecule has 0 aliphatic carbocycles. The van der Waals surface area contributed by atoms with Gasteiger partial charge in [0.05, 0.1) is 12.6 Å². The zero-order valence-corrected chi connectivity index (χ0v) is 12.9. The quantitative estimate of drug-likeness (QED) is 0.860. The molecule has 1 aliphatic rings. The fourth-order valence-electron chi connectivity index (χ4n) is 3.05. The summed E-state index contributed by atoms with van der Waals surface area (Å²) in [6.07, 6.45) is -0.476. The molecule has 1 saturated heterocycles. The lowest BCUT2D eigenvalue weighted by Gasteiger charge is -2.40. The maximum Gasteiger partial charge on any atom is 0.139 e. The van der Waals surface area contributed by atoms with Crippen molar-refractivity contribution in [1.29, 1.82) is 0 Å². The number of hydrogen-bond acceptors (Lipinski definition) is 4. The van der Waals surface area contributed by atoms with Gasteiger partial charge in [-0.05, 0) is 11.1 Å². The Morgan fingerprint density at radius 3 is 2.43 bits per heavy atom. The Balaban J connectivity index is 1.77. The van der Waals surface area contributed by atoms with Crippen LogP contribution in [0.25, 0.3) is 0 Å². The lowest BCUT2D eigenvalue weighted by atomic mass is 9.96. The molecule has 4 heteroatoms. The van der Waals surface area contributed by atoms with Crippen LogP contribution in [0.15, 0.2) is 60.7 Å². The van der Waals surface area contributed by atoms with Crippen LogP contribution in [0.1, 0.15) is 17.2 Å². The molecule has 23 heavy (non-hydrogen) atoms. The molecule has 0 radical (unpaired) electrons. The molecule has 3 atom stereocenters. The highest BCUT2D eigenvalue weighted by atomic mass is 16.5. The van der Waals surface area contributed by atoms with E-state index >= 15 is 0 Å². The molecule has 2 aromatic rings. The number of aldehydes is 1. The van der Waals surface area contributed by atoms with Gasteiger partial charge in [-0.2, -0.15) is 0 Å². The third kappa shape index (κ3) is 3.67. The highest BCUT2D eigenvalue weighted by Gasteiger charge is 2.37. The smallest absolute Gasteiger partial charge is 0.139 e. The summed E-state index contributed by atoms with van der Waals surface area (Å²) in [5, 5.41) is 10.6. The molecule has 0 saturated carbocycles. The van der Waals surface area contributed by atoms with Crippen molar-refractivity contribution in [1.82, 2.24) is 4.90 Å². The van der Waals surface area contributed by atoms with Crippen molar-refractivity contribution < 1.29 is 14.6 Å². The average molecular weight is 311 g/mol. The maximum atomic E-state index is 11.7. The van der Waals surface area contributed by atoms with Crippen molar-refractivity contribution in [3.05, 3.63) is 71.8 Å². The van der Waals surface area contributed by atoms with Gasteiger partial charge >= 0.3 is 0 Å². The van der Waals surface area contributed by atoms with Gasteiger partial charge in [-0.15, -0.1) is 0 Å². The van der Waals surface area contributed by atoms with E-state index in [4.69, 9.17) is 4.74 Å². The summed E-state index contributed by atoms with van der Waals surface area (Å²) >= 11 is 0. The Morgan fingerprint density at radius 1 is 1.13 bits per heavy atom. The van der Waals surface area contributed by atoms with E-state index in [9.17, 15) is 9.90 Å². The van der Waals surface area contributed by atoms with E-state index in [1.54, 1.807) is 0 Å². The molecule has 120 valence electrons.